The van der Waals surface area contributed by atoms with Gasteiger partial charge in [0.25, 0.3) is 0 Å². The van der Waals surface area contributed by atoms with Gasteiger partial charge in [0.15, 0.2) is 0 Å². The van der Waals surface area contributed by atoms with Crippen LogP contribution in [-0.4, -0.2) is 58.3 Å². The molecule has 0 radical (unpaired) electrons. The van der Waals surface area contributed by atoms with Crippen molar-refractivity contribution >= 4 is 0 Å². The molecule has 0 aromatic carbocycles. The Hall–Kier alpha value is -0.940. The molecule has 0 spiro atoms. The smallest absolute Gasteiger partial charge is 0.147 e. The molecule has 0 atom stereocenters. The molecule has 1 aromatic heterocycles. The lowest BCUT2D eigenvalue weighted by atomic mass is 9.94. The van der Waals surface area contributed by atoms with Gasteiger partial charge in [0.2, 0.25) is 0 Å². The summed E-state index contributed by atoms with van der Waals surface area (Å²) < 4.78 is 2.34. The van der Waals surface area contributed by atoms with Crippen molar-refractivity contribution < 1.29 is 0 Å². The predicted molar refractivity (Wildman–Crippen MR) is 93.5 cm³/mol. The maximum absolute atomic E-state index is 4.56. The molecule has 3 rings (SSSR count). The second-order valence-electron chi connectivity index (χ2n) is 7.68. The standard InChI is InChI=1S/C18H33N5/c1-4-23-17(14-21(2)3)19-20-18(23)16-9-11-22(12-10-16)13-15-7-5-6-8-15/h15-16H,4-14H2,1-3H3. The van der Waals surface area contributed by atoms with Gasteiger partial charge in [-0.1, -0.05) is 12.8 Å². The number of hydrogen-bond donors (Lipinski definition) is 0. The minimum atomic E-state index is 0.596. The molecule has 0 amide bonds. The fourth-order valence-corrected chi connectivity index (χ4v) is 4.33. The van der Waals surface area contributed by atoms with Crippen molar-refractivity contribution in [2.75, 3.05) is 33.7 Å². The summed E-state index contributed by atoms with van der Waals surface area (Å²) in [4.78, 5) is 4.87. The molecule has 5 nitrogen and oxygen atoms in total. The Morgan fingerprint density at radius 2 is 1.74 bits per heavy atom. The van der Waals surface area contributed by atoms with Gasteiger partial charge in [-0.15, -0.1) is 10.2 Å². The van der Waals surface area contributed by atoms with Crippen LogP contribution in [0.15, 0.2) is 0 Å². The molecule has 2 fully saturated rings. The second kappa shape index (κ2) is 7.75. The highest BCUT2D eigenvalue weighted by Gasteiger charge is 2.27. The number of hydrogen-bond acceptors (Lipinski definition) is 4. The van der Waals surface area contributed by atoms with Crippen molar-refractivity contribution in [2.45, 2.75) is 64.5 Å². The first-order chi connectivity index (χ1) is 11.2. The third kappa shape index (κ3) is 4.13. The highest BCUT2D eigenvalue weighted by atomic mass is 15.3. The summed E-state index contributed by atoms with van der Waals surface area (Å²) in [6.07, 6.45) is 8.31. The molecule has 130 valence electrons. The van der Waals surface area contributed by atoms with Crippen molar-refractivity contribution in [1.29, 1.82) is 0 Å². The van der Waals surface area contributed by atoms with E-state index in [0.29, 0.717) is 5.92 Å². The van der Waals surface area contributed by atoms with Gasteiger partial charge in [0, 0.05) is 19.0 Å². The van der Waals surface area contributed by atoms with Crippen LogP contribution in [0.5, 0.6) is 0 Å². The van der Waals surface area contributed by atoms with Crippen LogP contribution in [0, 0.1) is 5.92 Å². The summed E-state index contributed by atoms with van der Waals surface area (Å²) in [7, 11) is 4.19. The Labute approximate surface area is 141 Å². The molecular formula is C18H33N5. The number of piperidine rings is 1. The first-order valence-electron chi connectivity index (χ1n) is 9.46. The SMILES string of the molecule is CCn1c(CN(C)C)nnc1C1CCN(CC2CCCC2)CC1. The first kappa shape index (κ1) is 16.9. The molecule has 1 aliphatic carbocycles. The summed E-state index contributed by atoms with van der Waals surface area (Å²) in [6, 6.07) is 0. The van der Waals surface area contributed by atoms with Crippen molar-refractivity contribution in [3.05, 3.63) is 11.6 Å². The normalized spacial score (nSPS) is 21.6. The molecule has 1 aromatic rings. The van der Waals surface area contributed by atoms with Crippen molar-refractivity contribution in [1.82, 2.24) is 24.6 Å². The Morgan fingerprint density at radius 1 is 1.04 bits per heavy atom. The molecule has 5 heteroatoms. The van der Waals surface area contributed by atoms with E-state index in [-0.39, 0.29) is 0 Å². The van der Waals surface area contributed by atoms with Gasteiger partial charge in [-0.2, -0.15) is 0 Å². The molecule has 1 saturated heterocycles. The summed E-state index contributed by atoms with van der Waals surface area (Å²) in [5, 5.41) is 9.02. The Bertz CT molecular complexity index is 482. The van der Waals surface area contributed by atoms with Gasteiger partial charge in [-0.05, 0) is 65.7 Å². The monoisotopic (exact) mass is 319 g/mol. The summed E-state index contributed by atoms with van der Waals surface area (Å²) in [5.41, 5.74) is 0. The first-order valence-corrected chi connectivity index (χ1v) is 9.46. The van der Waals surface area contributed by atoms with Crippen LogP contribution in [-0.2, 0) is 13.1 Å². The van der Waals surface area contributed by atoms with Crippen LogP contribution in [0.25, 0.3) is 0 Å². The predicted octanol–water partition coefficient (Wildman–Crippen LogP) is 2.73. The van der Waals surface area contributed by atoms with E-state index in [1.807, 2.05) is 0 Å². The lowest BCUT2D eigenvalue weighted by Gasteiger charge is -2.33. The Morgan fingerprint density at radius 3 is 2.35 bits per heavy atom. The number of likely N-dealkylation sites (tertiary alicyclic amines) is 1. The zero-order valence-electron chi connectivity index (χ0n) is 15.2. The van der Waals surface area contributed by atoms with Gasteiger partial charge in [-0.25, -0.2) is 0 Å². The second-order valence-corrected chi connectivity index (χ2v) is 7.68. The summed E-state index contributed by atoms with van der Waals surface area (Å²) >= 11 is 0. The van der Waals surface area contributed by atoms with Crippen LogP contribution in [0.4, 0.5) is 0 Å². The van der Waals surface area contributed by atoms with E-state index in [9.17, 15) is 0 Å². The molecule has 2 aliphatic rings. The van der Waals surface area contributed by atoms with Gasteiger partial charge >= 0.3 is 0 Å². The van der Waals surface area contributed by atoms with Gasteiger partial charge in [0.05, 0.1) is 6.54 Å². The maximum Gasteiger partial charge on any atom is 0.147 e. The van der Waals surface area contributed by atoms with E-state index < -0.39 is 0 Å². The van der Waals surface area contributed by atoms with Crippen LogP contribution in [0.2, 0.25) is 0 Å². The summed E-state index contributed by atoms with van der Waals surface area (Å²) in [6.45, 7) is 7.87. The van der Waals surface area contributed by atoms with E-state index >= 15 is 0 Å². The van der Waals surface area contributed by atoms with E-state index in [1.165, 1.54) is 64.0 Å². The van der Waals surface area contributed by atoms with Crippen LogP contribution in [0.3, 0.4) is 0 Å². The van der Waals surface area contributed by atoms with Gasteiger partial charge < -0.3 is 14.4 Å². The van der Waals surface area contributed by atoms with Crippen molar-refractivity contribution in [3.8, 4) is 0 Å². The fourth-order valence-electron chi connectivity index (χ4n) is 4.33. The molecular weight excluding hydrogens is 286 g/mol. The Kier molecular flexibility index (Phi) is 5.70. The molecule has 23 heavy (non-hydrogen) atoms. The number of nitrogens with zero attached hydrogens (tertiary/aromatic N) is 5. The fraction of sp³-hybridized carbons (Fsp3) is 0.889. The van der Waals surface area contributed by atoms with Crippen molar-refractivity contribution in [2.24, 2.45) is 5.92 Å². The molecule has 2 heterocycles. The van der Waals surface area contributed by atoms with E-state index in [1.54, 1.807) is 0 Å². The van der Waals surface area contributed by atoms with E-state index in [2.05, 4.69) is 45.6 Å². The molecule has 0 bridgehead atoms. The lowest BCUT2D eigenvalue weighted by Crippen LogP contribution is -2.36. The molecule has 1 aliphatic heterocycles. The maximum atomic E-state index is 4.56. The zero-order valence-corrected chi connectivity index (χ0v) is 15.2. The van der Waals surface area contributed by atoms with Gasteiger partial charge in [0.1, 0.15) is 11.6 Å². The molecule has 1 saturated carbocycles. The van der Waals surface area contributed by atoms with Crippen LogP contribution in [0.1, 0.15) is 63.0 Å². The average Bonchev–Trinajstić information content (AvgIpc) is 3.17. The Balaban J connectivity index is 1.57. The molecule has 0 unspecified atom stereocenters. The van der Waals surface area contributed by atoms with Crippen LogP contribution >= 0.6 is 0 Å². The van der Waals surface area contributed by atoms with E-state index in [0.717, 1.165) is 24.8 Å². The third-order valence-electron chi connectivity index (χ3n) is 5.57. The number of aromatic nitrogens is 3. The highest BCUT2D eigenvalue weighted by molar-refractivity contribution is 5.04. The molecule has 0 N–H and O–H groups in total. The van der Waals surface area contributed by atoms with Gasteiger partial charge in [-0.3, -0.25) is 0 Å². The zero-order chi connectivity index (χ0) is 16.2. The van der Waals surface area contributed by atoms with Crippen LogP contribution < -0.4 is 0 Å². The third-order valence-corrected chi connectivity index (χ3v) is 5.57. The largest absolute Gasteiger partial charge is 0.314 e. The minimum Gasteiger partial charge on any atom is -0.314 e. The van der Waals surface area contributed by atoms with E-state index in [4.69, 9.17) is 0 Å². The topological polar surface area (TPSA) is 37.2 Å². The number of rotatable bonds is 6. The quantitative estimate of drug-likeness (QED) is 0.808. The van der Waals surface area contributed by atoms with Crippen molar-refractivity contribution in [3.63, 3.8) is 0 Å². The highest BCUT2D eigenvalue weighted by Crippen LogP contribution is 2.30. The summed E-state index contributed by atoms with van der Waals surface area (Å²) in [5.74, 6) is 3.90. The minimum absolute atomic E-state index is 0.596. The lowest BCUT2D eigenvalue weighted by molar-refractivity contribution is 0.180. The average molecular weight is 319 g/mol.